The molecule has 0 unspecified atom stereocenters. The summed E-state index contributed by atoms with van der Waals surface area (Å²) in [4.78, 5) is 10.4. The molecule has 1 fully saturated rings. The minimum atomic E-state index is 0.0970. The quantitative estimate of drug-likeness (QED) is 0.597. The predicted molar refractivity (Wildman–Crippen MR) is 37.3 cm³/mol. The van der Waals surface area contributed by atoms with Crippen LogP contribution in [0.3, 0.4) is 0 Å². The Balaban J connectivity index is 2.43. The van der Waals surface area contributed by atoms with Crippen molar-refractivity contribution in [3.63, 3.8) is 0 Å². The summed E-state index contributed by atoms with van der Waals surface area (Å²) in [5.41, 5.74) is 1.34. The lowest BCUT2D eigenvalue weighted by molar-refractivity contribution is 0.112. The second-order valence-corrected chi connectivity index (χ2v) is 3.23. The first-order chi connectivity index (χ1) is 5.26. The number of nitrogens with zero attached hydrogens (tertiary/aromatic N) is 1. The van der Waals surface area contributed by atoms with Crippen LogP contribution in [0.5, 0.6) is 0 Å². The highest BCUT2D eigenvalue weighted by molar-refractivity contribution is 5.76. The molecule has 0 spiro atoms. The molecule has 3 heteroatoms. The van der Waals surface area contributed by atoms with Gasteiger partial charge >= 0.3 is 0 Å². The van der Waals surface area contributed by atoms with E-state index in [1.54, 1.807) is 0 Å². The molecule has 1 aliphatic carbocycles. The Morgan fingerprint density at radius 1 is 1.73 bits per heavy atom. The van der Waals surface area contributed by atoms with Crippen molar-refractivity contribution in [3.05, 3.63) is 17.5 Å². The van der Waals surface area contributed by atoms with Crippen molar-refractivity contribution in [1.29, 1.82) is 0 Å². The summed E-state index contributed by atoms with van der Waals surface area (Å²) >= 11 is 0. The van der Waals surface area contributed by atoms with Gasteiger partial charge in [-0.15, -0.1) is 0 Å². The summed E-state index contributed by atoms with van der Waals surface area (Å²) in [6.07, 6.45) is 5.38. The molecule has 3 nitrogen and oxygen atoms in total. The van der Waals surface area contributed by atoms with Crippen LogP contribution in [0.25, 0.3) is 0 Å². The van der Waals surface area contributed by atoms with Gasteiger partial charge in [0.2, 0.25) is 6.26 Å². The number of rotatable bonds is 2. The van der Waals surface area contributed by atoms with Gasteiger partial charge in [0.1, 0.15) is 5.69 Å². The van der Waals surface area contributed by atoms with Crippen molar-refractivity contribution in [1.82, 2.24) is 5.16 Å². The van der Waals surface area contributed by atoms with E-state index in [1.807, 2.05) is 0 Å². The SMILES string of the molecule is CC1(c2no[c]c2C=O)CC1. The van der Waals surface area contributed by atoms with Crippen molar-refractivity contribution < 1.29 is 9.32 Å². The topological polar surface area (TPSA) is 43.1 Å². The lowest BCUT2D eigenvalue weighted by Crippen LogP contribution is -2.03. The van der Waals surface area contributed by atoms with E-state index < -0.39 is 0 Å². The van der Waals surface area contributed by atoms with Crippen LogP contribution in [-0.4, -0.2) is 11.4 Å². The molecule has 0 atom stereocenters. The lowest BCUT2D eigenvalue weighted by Gasteiger charge is -2.00. The molecule has 11 heavy (non-hydrogen) atoms. The Kier molecular flexibility index (Phi) is 1.16. The van der Waals surface area contributed by atoms with Crippen LogP contribution < -0.4 is 0 Å². The summed E-state index contributed by atoms with van der Waals surface area (Å²) in [6, 6.07) is 0. The molecule has 0 bridgehead atoms. The van der Waals surface area contributed by atoms with Crippen molar-refractivity contribution >= 4 is 6.29 Å². The molecule has 1 heterocycles. The third-order valence-corrected chi connectivity index (χ3v) is 2.24. The standard InChI is InChI=1S/C8H8NO2/c1-8(2-3-8)7-6(4-10)5-11-9-7/h4H,2-3H2,1H3. The first kappa shape index (κ1) is 6.58. The Labute approximate surface area is 64.4 Å². The van der Waals surface area contributed by atoms with Crippen LogP contribution >= 0.6 is 0 Å². The maximum absolute atomic E-state index is 10.4. The zero-order valence-corrected chi connectivity index (χ0v) is 6.26. The van der Waals surface area contributed by atoms with E-state index in [1.165, 1.54) is 0 Å². The lowest BCUT2D eigenvalue weighted by atomic mass is 10.0. The van der Waals surface area contributed by atoms with Crippen molar-refractivity contribution in [3.8, 4) is 0 Å². The Bertz CT molecular complexity index is 286. The number of carbonyl (C=O) groups is 1. The number of carbonyl (C=O) groups excluding carboxylic acids is 1. The maximum Gasteiger partial charge on any atom is 0.216 e. The van der Waals surface area contributed by atoms with E-state index >= 15 is 0 Å². The summed E-state index contributed by atoms with van der Waals surface area (Å²) in [6.45, 7) is 2.08. The molecule has 0 saturated heterocycles. The van der Waals surface area contributed by atoms with Crippen LogP contribution in [0.15, 0.2) is 4.52 Å². The van der Waals surface area contributed by atoms with Gasteiger partial charge in [-0.1, -0.05) is 12.1 Å². The van der Waals surface area contributed by atoms with Crippen molar-refractivity contribution in [2.24, 2.45) is 0 Å². The molecule has 1 aliphatic rings. The monoisotopic (exact) mass is 150 g/mol. The Morgan fingerprint density at radius 2 is 2.45 bits per heavy atom. The molecular weight excluding hydrogens is 142 g/mol. The third-order valence-electron chi connectivity index (χ3n) is 2.24. The molecule has 1 saturated carbocycles. The van der Waals surface area contributed by atoms with Crippen LogP contribution in [0, 0.1) is 6.26 Å². The van der Waals surface area contributed by atoms with E-state index in [2.05, 4.69) is 22.9 Å². The molecule has 0 aromatic carbocycles. The number of aldehydes is 1. The minimum absolute atomic E-state index is 0.0970. The number of aromatic nitrogens is 1. The largest absolute Gasteiger partial charge is 0.352 e. The predicted octanol–water partition coefficient (Wildman–Crippen LogP) is 1.34. The average Bonchev–Trinajstić information content (AvgIpc) is 2.61. The zero-order chi connectivity index (χ0) is 7.90. The van der Waals surface area contributed by atoms with Crippen molar-refractivity contribution in [2.45, 2.75) is 25.2 Å². The highest BCUT2D eigenvalue weighted by atomic mass is 16.5. The molecule has 2 rings (SSSR count). The van der Waals surface area contributed by atoms with Crippen molar-refractivity contribution in [2.75, 3.05) is 0 Å². The summed E-state index contributed by atoms with van der Waals surface area (Å²) in [5, 5.41) is 3.76. The van der Waals surface area contributed by atoms with E-state index in [4.69, 9.17) is 0 Å². The average molecular weight is 150 g/mol. The smallest absolute Gasteiger partial charge is 0.216 e. The van der Waals surface area contributed by atoms with Crippen LogP contribution in [0.1, 0.15) is 35.8 Å². The van der Waals surface area contributed by atoms with Gasteiger partial charge in [-0.3, -0.25) is 4.79 Å². The van der Waals surface area contributed by atoms with Gasteiger partial charge in [-0.25, -0.2) is 0 Å². The molecule has 0 N–H and O–H groups in total. The second kappa shape index (κ2) is 1.94. The normalized spacial score (nSPS) is 19.7. The summed E-state index contributed by atoms with van der Waals surface area (Å²) in [5.74, 6) is 0. The first-order valence-corrected chi connectivity index (χ1v) is 3.59. The summed E-state index contributed by atoms with van der Waals surface area (Å²) in [7, 11) is 0. The van der Waals surface area contributed by atoms with Gasteiger partial charge in [-0.05, 0) is 12.8 Å². The minimum Gasteiger partial charge on any atom is -0.352 e. The maximum atomic E-state index is 10.4. The van der Waals surface area contributed by atoms with Gasteiger partial charge in [0.25, 0.3) is 0 Å². The molecular formula is C8H8NO2. The fourth-order valence-electron chi connectivity index (χ4n) is 1.15. The highest BCUT2D eigenvalue weighted by Crippen LogP contribution is 2.47. The molecule has 1 aromatic rings. The highest BCUT2D eigenvalue weighted by Gasteiger charge is 2.43. The molecule has 1 aromatic heterocycles. The van der Waals surface area contributed by atoms with E-state index in [0.29, 0.717) is 5.56 Å². The van der Waals surface area contributed by atoms with E-state index in [0.717, 1.165) is 24.8 Å². The summed E-state index contributed by atoms with van der Waals surface area (Å²) < 4.78 is 4.60. The fraction of sp³-hybridized carbons (Fsp3) is 0.500. The van der Waals surface area contributed by atoms with Crippen LogP contribution in [0.2, 0.25) is 0 Å². The molecule has 0 amide bonds. The van der Waals surface area contributed by atoms with Gasteiger partial charge in [-0.2, -0.15) is 0 Å². The Hall–Kier alpha value is -1.12. The zero-order valence-electron chi connectivity index (χ0n) is 6.26. The third kappa shape index (κ3) is 0.878. The van der Waals surface area contributed by atoms with Crippen LogP contribution in [0.4, 0.5) is 0 Å². The van der Waals surface area contributed by atoms with E-state index in [-0.39, 0.29) is 5.41 Å². The molecule has 57 valence electrons. The fourth-order valence-corrected chi connectivity index (χ4v) is 1.15. The van der Waals surface area contributed by atoms with Gasteiger partial charge in [0.05, 0.1) is 5.56 Å². The second-order valence-electron chi connectivity index (χ2n) is 3.23. The van der Waals surface area contributed by atoms with Gasteiger partial charge < -0.3 is 4.52 Å². The van der Waals surface area contributed by atoms with Gasteiger partial charge in [0, 0.05) is 5.41 Å². The number of hydrogen-bond acceptors (Lipinski definition) is 3. The van der Waals surface area contributed by atoms with Crippen LogP contribution in [-0.2, 0) is 5.41 Å². The van der Waals surface area contributed by atoms with Gasteiger partial charge in [0.15, 0.2) is 6.29 Å². The molecule has 1 radical (unpaired) electrons. The van der Waals surface area contributed by atoms with E-state index in [9.17, 15) is 4.79 Å². The first-order valence-electron chi connectivity index (χ1n) is 3.59. The Morgan fingerprint density at radius 3 is 3.00 bits per heavy atom. The number of hydrogen-bond donors (Lipinski definition) is 0. The molecule has 0 aliphatic heterocycles.